The second-order valence-electron chi connectivity index (χ2n) is 6.82. The van der Waals surface area contributed by atoms with E-state index in [0.717, 1.165) is 16.6 Å². The van der Waals surface area contributed by atoms with E-state index in [-0.39, 0.29) is 12.0 Å². The van der Waals surface area contributed by atoms with Crippen LogP contribution >= 0.6 is 0 Å². The number of fused-ring (bicyclic) bond motifs is 1. The molecule has 1 amide bonds. The molecule has 3 aromatic rings. The summed E-state index contributed by atoms with van der Waals surface area (Å²) in [5.74, 6) is 0.770. The molecule has 5 nitrogen and oxygen atoms in total. The molecule has 0 bridgehead atoms. The Morgan fingerprint density at radius 2 is 1.96 bits per heavy atom. The second-order valence-corrected chi connectivity index (χ2v) is 6.82. The summed E-state index contributed by atoms with van der Waals surface area (Å²) >= 11 is 0. The van der Waals surface area contributed by atoms with Gasteiger partial charge in [-0.1, -0.05) is 39.0 Å². The van der Waals surface area contributed by atoms with Crippen LogP contribution in [0.4, 0.5) is 0 Å². The summed E-state index contributed by atoms with van der Waals surface area (Å²) in [7, 11) is 0. The summed E-state index contributed by atoms with van der Waals surface area (Å²) < 4.78 is 5.49. The minimum absolute atomic E-state index is 0.0714. The highest BCUT2D eigenvalue weighted by molar-refractivity contribution is 5.82. The number of H-pyrrole nitrogens is 1. The van der Waals surface area contributed by atoms with Gasteiger partial charge in [-0.3, -0.25) is 4.79 Å². The average molecular weight is 323 g/mol. The van der Waals surface area contributed by atoms with Crippen molar-refractivity contribution in [1.29, 1.82) is 0 Å². The van der Waals surface area contributed by atoms with Crippen molar-refractivity contribution in [3.63, 3.8) is 0 Å². The van der Waals surface area contributed by atoms with E-state index in [1.807, 2.05) is 24.3 Å². The first kappa shape index (κ1) is 16.1. The van der Waals surface area contributed by atoms with Crippen LogP contribution in [-0.4, -0.2) is 22.5 Å². The van der Waals surface area contributed by atoms with Gasteiger partial charge in [0.1, 0.15) is 11.6 Å². The summed E-state index contributed by atoms with van der Waals surface area (Å²) in [6.45, 7) is 6.38. The normalized spacial score (nSPS) is 11.6. The predicted molar refractivity (Wildman–Crippen MR) is 94.9 cm³/mol. The molecule has 0 aliphatic carbocycles. The van der Waals surface area contributed by atoms with Gasteiger partial charge in [-0.2, -0.15) is 0 Å². The summed E-state index contributed by atoms with van der Waals surface area (Å²) in [4.78, 5) is 19.0. The monoisotopic (exact) mass is 323 g/mol. The first-order valence-corrected chi connectivity index (χ1v) is 7.85. The van der Waals surface area contributed by atoms with Gasteiger partial charge in [0, 0.05) is 0 Å². The molecule has 0 aliphatic rings. The largest absolute Gasteiger partial charge is 0.483 e. The SMILES string of the molecule is CC(C)(C)c1ccc2nc(-c3ccccc3OCC(N)=O)[nH]c2c1. The molecule has 0 saturated carbocycles. The molecule has 3 rings (SSSR count). The number of primary amides is 1. The number of hydrogen-bond acceptors (Lipinski definition) is 3. The fraction of sp³-hybridized carbons (Fsp3) is 0.263. The molecule has 124 valence electrons. The average Bonchev–Trinajstić information content (AvgIpc) is 2.95. The zero-order chi connectivity index (χ0) is 17.3. The van der Waals surface area contributed by atoms with Gasteiger partial charge < -0.3 is 15.5 Å². The van der Waals surface area contributed by atoms with E-state index in [2.05, 4.69) is 42.9 Å². The van der Waals surface area contributed by atoms with E-state index in [1.54, 1.807) is 6.07 Å². The first-order valence-electron chi connectivity index (χ1n) is 7.85. The number of aromatic nitrogens is 2. The number of nitrogens with one attached hydrogen (secondary N) is 1. The molecule has 5 heteroatoms. The number of amides is 1. The maximum Gasteiger partial charge on any atom is 0.255 e. The third-order valence-corrected chi connectivity index (χ3v) is 3.86. The van der Waals surface area contributed by atoms with Crippen LogP contribution in [0.2, 0.25) is 0 Å². The highest BCUT2D eigenvalue weighted by atomic mass is 16.5. The van der Waals surface area contributed by atoms with E-state index < -0.39 is 5.91 Å². The van der Waals surface area contributed by atoms with Crippen molar-refractivity contribution in [2.24, 2.45) is 5.73 Å². The third kappa shape index (κ3) is 3.25. The summed E-state index contributed by atoms with van der Waals surface area (Å²) in [6, 6.07) is 13.7. The van der Waals surface area contributed by atoms with Gasteiger partial charge in [0.15, 0.2) is 6.61 Å². The molecule has 0 fully saturated rings. The summed E-state index contributed by atoms with van der Waals surface area (Å²) in [5, 5.41) is 0. The first-order chi connectivity index (χ1) is 11.3. The van der Waals surface area contributed by atoms with Gasteiger partial charge in [-0.25, -0.2) is 4.98 Å². The Hall–Kier alpha value is -2.82. The van der Waals surface area contributed by atoms with E-state index in [0.29, 0.717) is 11.6 Å². The topological polar surface area (TPSA) is 81.0 Å². The minimum atomic E-state index is -0.510. The number of rotatable bonds is 4. The van der Waals surface area contributed by atoms with Crippen molar-refractivity contribution in [2.75, 3.05) is 6.61 Å². The highest BCUT2D eigenvalue weighted by Crippen LogP contribution is 2.31. The van der Waals surface area contributed by atoms with E-state index in [4.69, 9.17) is 10.5 Å². The second kappa shape index (κ2) is 6.00. The van der Waals surface area contributed by atoms with Gasteiger partial charge in [-0.05, 0) is 35.2 Å². The fourth-order valence-electron chi connectivity index (χ4n) is 2.54. The summed E-state index contributed by atoms with van der Waals surface area (Å²) in [5.41, 5.74) is 9.14. The Labute approximate surface area is 140 Å². The predicted octanol–water partition coefficient (Wildman–Crippen LogP) is 3.39. The number of nitrogens with zero attached hydrogens (tertiary/aromatic N) is 1. The molecule has 1 heterocycles. The molecular formula is C19H21N3O2. The molecule has 0 aliphatic heterocycles. The number of hydrogen-bond donors (Lipinski definition) is 2. The molecule has 24 heavy (non-hydrogen) atoms. The van der Waals surface area contributed by atoms with Gasteiger partial charge in [0.25, 0.3) is 5.91 Å². The molecule has 0 saturated heterocycles. The van der Waals surface area contributed by atoms with Crippen LogP contribution in [0, 0.1) is 0 Å². The number of aromatic amines is 1. The maximum atomic E-state index is 11.0. The molecule has 0 radical (unpaired) electrons. The number of carbonyl (C=O) groups excluding carboxylic acids is 1. The van der Waals surface area contributed by atoms with Crippen molar-refractivity contribution in [1.82, 2.24) is 9.97 Å². The van der Waals surface area contributed by atoms with Crippen molar-refractivity contribution < 1.29 is 9.53 Å². The molecule has 0 unspecified atom stereocenters. The number of nitrogens with two attached hydrogens (primary N) is 1. The Morgan fingerprint density at radius 3 is 2.67 bits per heavy atom. The number of imidazole rings is 1. The van der Waals surface area contributed by atoms with Crippen molar-refractivity contribution in [2.45, 2.75) is 26.2 Å². The van der Waals surface area contributed by atoms with Crippen molar-refractivity contribution in [3.8, 4) is 17.1 Å². The molecule has 3 N–H and O–H groups in total. The van der Waals surface area contributed by atoms with Crippen LogP contribution in [0.1, 0.15) is 26.3 Å². The van der Waals surface area contributed by atoms with Crippen LogP contribution in [0.25, 0.3) is 22.4 Å². The van der Waals surface area contributed by atoms with E-state index in [1.165, 1.54) is 5.56 Å². The quantitative estimate of drug-likeness (QED) is 0.772. The van der Waals surface area contributed by atoms with Crippen LogP contribution in [-0.2, 0) is 10.2 Å². The van der Waals surface area contributed by atoms with Gasteiger partial charge in [-0.15, -0.1) is 0 Å². The number of para-hydroxylation sites is 1. The van der Waals surface area contributed by atoms with Gasteiger partial charge >= 0.3 is 0 Å². The Bertz CT molecular complexity index is 891. The molecule has 1 aromatic heterocycles. The fourth-order valence-corrected chi connectivity index (χ4v) is 2.54. The van der Waals surface area contributed by atoms with Crippen LogP contribution < -0.4 is 10.5 Å². The van der Waals surface area contributed by atoms with Crippen LogP contribution in [0.3, 0.4) is 0 Å². The van der Waals surface area contributed by atoms with Crippen molar-refractivity contribution >= 4 is 16.9 Å². The van der Waals surface area contributed by atoms with Crippen molar-refractivity contribution in [3.05, 3.63) is 48.0 Å². The molecule has 0 atom stereocenters. The molecular weight excluding hydrogens is 302 g/mol. The van der Waals surface area contributed by atoms with Crippen LogP contribution in [0.15, 0.2) is 42.5 Å². The number of carbonyl (C=O) groups is 1. The maximum absolute atomic E-state index is 11.0. The van der Waals surface area contributed by atoms with E-state index in [9.17, 15) is 4.79 Å². The Balaban J connectivity index is 2.02. The zero-order valence-corrected chi connectivity index (χ0v) is 14.1. The Morgan fingerprint density at radius 1 is 1.21 bits per heavy atom. The number of ether oxygens (including phenoxy) is 1. The lowest BCUT2D eigenvalue weighted by Crippen LogP contribution is -2.20. The summed E-state index contributed by atoms with van der Waals surface area (Å²) in [6.07, 6.45) is 0. The zero-order valence-electron chi connectivity index (χ0n) is 14.1. The number of benzene rings is 2. The third-order valence-electron chi connectivity index (χ3n) is 3.86. The minimum Gasteiger partial charge on any atom is -0.483 e. The Kier molecular flexibility index (Phi) is 4.01. The lowest BCUT2D eigenvalue weighted by atomic mass is 9.87. The van der Waals surface area contributed by atoms with Gasteiger partial charge in [0.2, 0.25) is 0 Å². The lowest BCUT2D eigenvalue weighted by molar-refractivity contribution is -0.119. The van der Waals surface area contributed by atoms with E-state index >= 15 is 0 Å². The standard InChI is InChI=1S/C19H21N3O2/c1-19(2,3)12-8-9-14-15(10-12)22-18(21-14)13-6-4-5-7-16(13)24-11-17(20)23/h4-10H,11H2,1-3H3,(H2,20,23)(H,21,22). The smallest absolute Gasteiger partial charge is 0.255 e. The molecule has 0 spiro atoms. The molecule has 2 aromatic carbocycles. The highest BCUT2D eigenvalue weighted by Gasteiger charge is 2.16. The van der Waals surface area contributed by atoms with Crippen LogP contribution in [0.5, 0.6) is 5.75 Å². The lowest BCUT2D eigenvalue weighted by Gasteiger charge is -2.18. The van der Waals surface area contributed by atoms with Gasteiger partial charge in [0.05, 0.1) is 16.6 Å².